The molecule has 7 heteroatoms. The van der Waals surface area contributed by atoms with E-state index in [0.29, 0.717) is 27.6 Å². The number of rotatable bonds is 3. The van der Waals surface area contributed by atoms with E-state index in [1.165, 1.54) is 4.31 Å². The molecule has 1 saturated heterocycles. The van der Waals surface area contributed by atoms with Gasteiger partial charge in [-0.1, -0.05) is 27.5 Å². The van der Waals surface area contributed by atoms with Crippen molar-refractivity contribution in [2.24, 2.45) is 5.92 Å². The number of hydrogen-bond acceptors (Lipinski definition) is 3. The van der Waals surface area contributed by atoms with Crippen molar-refractivity contribution in [3.8, 4) is 0 Å². The lowest BCUT2D eigenvalue weighted by atomic mass is 10.1. The zero-order valence-electron chi connectivity index (χ0n) is 7.69. The van der Waals surface area contributed by atoms with Gasteiger partial charge in [0.2, 0.25) is 0 Å². The molecule has 0 spiro atoms. The smallest absolute Gasteiger partial charge is 0.206 e. The molecule has 0 aliphatic carbocycles. The molecule has 15 heavy (non-hydrogen) atoms. The molecule has 1 fully saturated rings. The van der Waals surface area contributed by atoms with Crippen LogP contribution in [0.4, 0.5) is 0 Å². The SMILES string of the molecule is O=S(=O)(c1ccc(Cl)s1)N1CC(CBr)C1. The Morgan fingerprint density at radius 1 is 1.53 bits per heavy atom. The topological polar surface area (TPSA) is 37.4 Å². The average Bonchev–Trinajstić information content (AvgIpc) is 2.50. The molecule has 2 heterocycles. The minimum Gasteiger partial charge on any atom is -0.206 e. The van der Waals surface area contributed by atoms with Gasteiger partial charge in [-0.3, -0.25) is 0 Å². The van der Waals surface area contributed by atoms with E-state index in [1.54, 1.807) is 12.1 Å². The van der Waals surface area contributed by atoms with Gasteiger partial charge in [0.1, 0.15) is 4.21 Å². The molecular weight excluding hydrogens is 322 g/mol. The maximum atomic E-state index is 12.0. The zero-order chi connectivity index (χ0) is 11.1. The molecule has 0 atom stereocenters. The highest BCUT2D eigenvalue weighted by molar-refractivity contribution is 9.09. The summed E-state index contributed by atoms with van der Waals surface area (Å²) in [5, 5.41) is 0.851. The normalized spacial score (nSPS) is 19.1. The van der Waals surface area contributed by atoms with E-state index >= 15 is 0 Å². The van der Waals surface area contributed by atoms with Crippen molar-refractivity contribution in [3.63, 3.8) is 0 Å². The van der Waals surface area contributed by atoms with Gasteiger partial charge in [0.05, 0.1) is 4.34 Å². The summed E-state index contributed by atoms with van der Waals surface area (Å²) in [4.78, 5) is 0. The Morgan fingerprint density at radius 2 is 2.20 bits per heavy atom. The second kappa shape index (κ2) is 4.33. The minimum atomic E-state index is -3.28. The van der Waals surface area contributed by atoms with Crippen LogP contribution in [-0.2, 0) is 10.0 Å². The summed E-state index contributed by atoms with van der Waals surface area (Å²) in [6.45, 7) is 1.20. The molecule has 0 saturated carbocycles. The predicted octanol–water partition coefficient (Wildman–Crippen LogP) is 2.42. The summed E-state index contributed by atoms with van der Waals surface area (Å²) in [5.74, 6) is 0.440. The van der Waals surface area contributed by atoms with Gasteiger partial charge in [0.15, 0.2) is 0 Å². The lowest BCUT2D eigenvalue weighted by Gasteiger charge is -2.36. The summed E-state index contributed by atoms with van der Waals surface area (Å²) in [7, 11) is -3.28. The quantitative estimate of drug-likeness (QED) is 0.798. The van der Waals surface area contributed by atoms with Gasteiger partial charge in [-0.25, -0.2) is 8.42 Å². The van der Waals surface area contributed by atoms with E-state index in [1.807, 2.05) is 0 Å². The highest BCUT2D eigenvalue weighted by Gasteiger charge is 2.36. The first-order valence-electron chi connectivity index (χ1n) is 4.35. The fourth-order valence-electron chi connectivity index (χ4n) is 1.38. The minimum absolute atomic E-state index is 0.334. The van der Waals surface area contributed by atoms with E-state index in [-0.39, 0.29) is 0 Å². The van der Waals surface area contributed by atoms with E-state index < -0.39 is 10.0 Å². The molecule has 3 nitrogen and oxygen atoms in total. The Kier molecular flexibility index (Phi) is 3.42. The molecule has 84 valence electrons. The first-order valence-corrected chi connectivity index (χ1v) is 8.11. The third-order valence-corrected chi connectivity index (χ3v) is 6.73. The van der Waals surface area contributed by atoms with Gasteiger partial charge in [-0.15, -0.1) is 11.3 Å². The standard InChI is InChI=1S/C8H9BrClNO2S2/c9-3-6-4-11(5-6)15(12,13)8-2-1-7(10)14-8/h1-2,6H,3-5H2. The fourth-order valence-corrected chi connectivity index (χ4v) is 5.02. The van der Waals surface area contributed by atoms with Crippen LogP contribution in [-0.4, -0.2) is 31.1 Å². The van der Waals surface area contributed by atoms with E-state index in [2.05, 4.69) is 15.9 Å². The van der Waals surface area contributed by atoms with Crippen LogP contribution in [0.5, 0.6) is 0 Å². The number of halogens is 2. The molecule has 0 bridgehead atoms. The molecule has 0 N–H and O–H groups in total. The highest BCUT2D eigenvalue weighted by Crippen LogP contribution is 2.31. The zero-order valence-corrected chi connectivity index (χ0v) is 11.7. The van der Waals surface area contributed by atoms with Crippen molar-refractivity contribution in [2.45, 2.75) is 4.21 Å². The van der Waals surface area contributed by atoms with Crippen LogP contribution < -0.4 is 0 Å². The van der Waals surface area contributed by atoms with Gasteiger partial charge in [0.25, 0.3) is 10.0 Å². The Hall–Kier alpha value is 0.380. The molecule has 0 radical (unpaired) electrons. The maximum Gasteiger partial charge on any atom is 0.252 e. The molecule has 2 rings (SSSR count). The highest BCUT2D eigenvalue weighted by atomic mass is 79.9. The fraction of sp³-hybridized carbons (Fsp3) is 0.500. The second-order valence-corrected chi connectivity index (χ2v) is 7.93. The van der Waals surface area contributed by atoms with Gasteiger partial charge >= 0.3 is 0 Å². The molecular formula is C8H9BrClNO2S2. The van der Waals surface area contributed by atoms with Crippen molar-refractivity contribution >= 4 is 48.9 Å². The van der Waals surface area contributed by atoms with Crippen LogP contribution in [0.2, 0.25) is 4.34 Å². The molecule has 0 unspecified atom stereocenters. The van der Waals surface area contributed by atoms with Crippen molar-refractivity contribution < 1.29 is 8.42 Å². The van der Waals surface area contributed by atoms with E-state index in [4.69, 9.17) is 11.6 Å². The molecule has 1 aromatic rings. The van der Waals surface area contributed by atoms with Gasteiger partial charge in [0, 0.05) is 18.4 Å². The average molecular weight is 331 g/mol. The lowest BCUT2D eigenvalue weighted by Crippen LogP contribution is -2.50. The Morgan fingerprint density at radius 3 is 2.67 bits per heavy atom. The summed E-state index contributed by atoms with van der Waals surface area (Å²) >= 11 is 10.2. The lowest BCUT2D eigenvalue weighted by molar-refractivity contribution is 0.224. The Balaban J connectivity index is 2.15. The molecule has 0 amide bonds. The summed E-state index contributed by atoms with van der Waals surface area (Å²) in [5.41, 5.74) is 0. The Labute approximate surface area is 106 Å². The van der Waals surface area contributed by atoms with Crippen LogP contribution in [0.25, 0.3) is 0 Å². The van der Waals surface area contributed by atoms with Crippen LogP contribution in [0, 0.1) is 5.92 Å². The largest absolute Gasteiger partial charge is 0.252 e. The molecule has 1 aliphatic rings. The second-order valence-electron chi connectivity index (χ2n) is 3.40. The number of alkyl halides is 1. The molecule has 0 aromatic carbocycles. The Bertz CT molecular complexity index is 453. The number of nitrogens with zero attached hydrogens (tertiary/aromatic N) is 1. The molecule has 1 aromatic heterocycles. The predicted molar refractivity (Wildman–Crippen MR) is 65.4 cm³/mol. The first-order chi connectivity index (χ1) is 7.04. The van der Waals surface area contributed by atoms with Crippen LogP contribution in [0.15, 0.2) is 16.3 Å². The first kappa shape index (κ1) is 11.9. The third-order valence-electron chi connectivity index (χ3n) is 2.28. The van der Waals surface area contributed by atoms with Gasteiger partial charge in [-0.2, -0.15) is 4.31 Å². The van der Waals surface area contributed by atoms with Gasteiger partial charge in [-0.05, 0) is 18.1 Å². The van der Waals surface area contributed by atoms with Crippen molar-refractivity contribution in [1.29, 1.82) is 0 Å². The van der Waals surface area contributed by atoms with Crippen LogP contribution in [0.1, 0.15) is 0 Å². The number of sulfonamides is 1. The summed E-state index contributed by atoms with van der Waals surface area (Å²) < 4.78 is 26.2. The van der Waals surface area contributed by atoms with Crippen molar-refractivity contribution in [2.75, 3.05) is 18.4 Å². The number of hydrogen-bond donors (Lipinski definition) is 0. The summed E-state index contributed by atoms with van der Waals surface area (Å²) in [6, 6.07) is 3.17. The van der Waals surface area contributed by atoms with Crippen molar-refractivity contribution in [1.82, 2.24) is 4.31 Å². The van der Waals surface area contributed by atoms with Crippen LogP contribution >= 0.6 is 38.9 Å². The summed E-state index contributed by atoms with van der Waals surface area (Å²) in [6.07, 6.45) is 0. The third kappa shape index (κ3) is 2.24. The maximum absolute atomic E-state index is 12.0. The van der Waals surface area contributed by atoms with Gasteiger partial charge < -0.3 is 0 Å². The van der Waals surface area contributed by atoms with Crippen molar-refractivity contribution in [3.05, 3.63) is 16.5 Å². The van der Waals surface area contributed by atoms with E-state index in [0.717, 1.165) is 16.7 Å². The molecule has 1 aliphatic heterocycles. The van der Waals surface area contributed by atoms with Crippen LogP contribution in [0.3, 0.4) is 0 Å². The monoisotopic (exact) mass is 329 g/mol. The van der Waals surface area contributed by atoms with E-state index in [9.17, 15) is 8.42 Å². The number of thiophene rings is 1.